The molecule has 0 radical (unpaired) electrons. The molecular weight excluding hydrogens is 228 g/mol. The van der Waals surface area contributed by atoms with Gasteiger partial charge < -0.3 is 14.2 Å². The van der Waals surface area contributed by atoms with Gasteiger partial charge in [0.2, 0.25) is 0 Å². The molecule has 1 aliphatic heterocycles. The van der Waals surface area contributed by atoms with Crippen molar-refractivity contribution < 1.29 is 14.2 Å². The van der Waals surface area contributed by atoms with Crippen LogP contribution < -0.4 is 0 Å². The van der Waals surface area contributed by atoms with Gasteiger partial charge in [0.25, 0.3) is 0 Å². The molecule has 3 nitrogen and oxygen atoms in total. The third kappa shape index (κ3) is 3.14. The van der Waals surface area contributed by atoms with E-state index in [4.69, 9.17) is 14.2 Å². The third-order valence-corrected chi connectivity index (χ3v) is 4.28. The van der Waals surface area contributed by atoms with E-state index in [0.29, 0.717) is 5.92 Å². The summed E-state index contributed by atoms with van der Waals surface area (Å²) >= 11 is 0. The van der Waals surface area contributed by atoms with Gasteiger partial charge in [-0.25, -0.2) is 0 Å². The number of ether oxygens (including phenoxy) is 3. The van der Waals surface area contributed by atoms with Gasteiger partial charge in [0.05, 0.1) is 18.8 Å². The van der Waals surface area contributed by atoms with Gasteiger partial charge in [0.1, 0.15) is 0 Å². The van der Waals surface area contributed by atoms with Crippen LogP contribution in [0.4, 0.5) is 0 Å². The molecule has 104 valence electrons. The van der Waals surface area contributed by atoms with Crippen LogP contribution in [0.3, 0.4) is 0 Å². The summed E-state index contributed by atoms with van der Waals surface area (Å²) in [6, 6.07) is 0. The summed E-state index contributed by atoms with van der Waals surface area (Å²) in [5, 5.41) is 0. The maximum Gasteiger partial charge on any atom is 0.168 e. The fraction of sp³-hybridized carbons (Fsp3) is 0.867. The zero-order valence-corrected chi connectivity index (χ0v) is 11.7. The fourth-order valence-corrected chi connectivity index (χ4v) is 3.21. The lowest BCUT2D eigenvalue weighted by atomic mass is 9.79. The molecule has 1 heterocycles. The highest BCUT2D eigenvalue weighted by Crippen LogP contribution is 2.41. The summed E-state index contributed by atoms with van der Waals surface area (Å²) < 4.78 is 17.3. The molecule has 1 unspecified atom stereocenters. The van der Waals surface area contributed by atoms with E-state index >= 15 is 0 Å². The maximum atomic E-state index is 5.82. The highest BCUT2D eigenvalue weighted by Gasteiger charge is 2.41. The van der Waals surface area contributed by atoms with E-state index in [2.05, 4.69) is 13.5 Å². The summed E-state index contributed by atoms with van der Waals surface area (Å²) in [4.78, 5) is 0. The molecule has 1 saturated carbocycles. The topological polar surface area (TPSA) is 27.7 Å². The SMILES string of the molecule is C=CC(C)(CC1CCC2(CC1)OCCO2)OCC. The minimum absolute atomic E-state index is 0.179. The molecule has 0 bridgehead atoms. The largest absolute Gasteiger partial charge is 0.372 e. The normalized spacial score (nSPS) is 27.2. The Morgan fingerprint density at radius 2 is 1.94 bits per heavy atom. The molecule has 1 atom stereocenters. The summed E-state index contributed by atoms with van der Waals surface area (Å²) in [5.74, 6) is 0.449. The standard InChI is InChI=1S/C15H26O3/c1-4-14(3,16-5-2)12-13-6-8-15(9-7-13)17-10-11-18-15/h4,13H,1,5-12H2,2-3H3. The van der Waals surface area contributed by atoms with Crippen LogP contribution in [0.2, 0.25) is 0 Å². The second-order valence-electron chi connectivity index (χ2n) is 5.70. The average Bonchev–Trinajstić information content (AvgIpc) is 2.82. The summed E-state index contributed by atoms with van der Waals surface area (Å²) in [6.07, 6.45) is 7.38. The van der Waals surface area contributed by atoms with Gasteiger partial charge in [0.15, 0.2) is 5.79 Å². The van der Waals surface area contributed by atoms with E-state index in [9.17, 15) is 0 Å². The van der Waals surface area contributed by atoms with Crippen molar-refractivity contribution in [2.75, 3.05) is 19.8 Å². The van der Waals surface area contributed by atoms with E-state index in [1.54, 1.807) is 0 Å². The second kappa shape index (κ2) is 5.72. The quantitative estimate of drug-likeness (QED) is 0.705. The molecule has 0 N–H and O–H groups in total. The molecule has 2 rings (SSSR count). The molecule has 1 aliphatic carbocycles. The van der Waals surface area contributed by atoms with Crippen LogP contribution >= 0.6 is 0 Å². The Balaban J connectivity index is 1.84. The summed E-state index contributed by atoms with van der Waals surface area (Å²) in [7, 11) is 0. The number of hydrogen-bond acceptors (Lipinski definition) is 3. The predicted molar refractivity (Wildman–Crippen MR) is 71.4 cm³/mol. The Labute approximate surface area is 110 Å². The Bertz CT molecular complexity index is 273. The molecule has 2 aliphatic rings. The van der Waals surface area contributed by atoms with Crippen molar-refractivity contribution in [3.05, 3.63) is 12.7 Å². The summed E-state index contributed by atoms with van der Waals surface area (Å²) in [6.45, 7) is 10.3. The molecule has 0 aromatic carbocycles. The number of rotatable bonds is 5. The minimum atomic E-state index is -0.243. The first kappa shape index (κ1) is 14.0. The minimum Gasteiger partial charge on any atom is -0.372 e. The Kier molecular flexibility index (Phi) is 4.46. The highest BCUT2D eigenvalue weighted by molar-refractivity contribution is 4.96. The van der Waals surface area contributed by atoms with Crippen LogP contribution in [0.1, 0.15) is 46.0 Å². The molecular formula is C15H26O3. The first-order chi connectivity index (χ1) is 8.61. The molecule has 0 aromatic heterocycles. The van der Waals surface area contributed by atoms with E-state index in [-0.39, 0.29) is 11.4 Å². The van der Waals surface area contributed by atoms with Gasteiger partial charge >= 0.3 is 0 Å². The Hall–Kier alpha value is -0.380. The molecule has 3 heteroatoms. The van der Waals surface area contributed by atoms with Crippen molar-refractivity contribution >= 4 is 0 Å². The lowest BCUT2D eigenvalue weighted by Crippen LogP contribution is -2.37. The highest BCUT2D eigenvalue weighted by atomic mass is 16.7. The van der Waals surface area contributed by atoms with E-state index in [1.807, 2.05) is 13.0 Å². The predicted octanol–water partition coefficient (Wildman–Crippen LogP) is 3.29. The van der Waals surface area contributed by atoms with Gasteiger partial charge in [-0.1, -0.05) is 6.08 Å². The van der Waals surface area contributed by atoms with Gasteiger partial charge in [-0.2, -0.15) is 0 Å². The molecule has 1 saturated heterocycles. The lowest BCUT2D eigenvalue weighted by molar-refractivity contribution is -0.184. The maximum absolute atomic E-state index is 5.82. The van der Waals surface area contributed by atoms with E-state index in [0.717, 1.165) is 51.9 Å². The Morgan fingerprint density at radius 3 is 2.44 bits per heavy atom. The zero-order chi connectivity index (χ0) is 13.1. The monoisotopic (exact) mass is 254 g/mol. The molecule has 1 spiro atoms. The zero-order valence-electron chi connectivity index (χ0n) is 11.7. The first-order valence-electron chi connectivity index (χ1n) is 7.17. The van der Waals surface area contributed by atoms with Crippen LogP contribution in [0.15, 0.2) is 12.7 Å². The van der Waals surface area contributed by atoms with E-state index in [1.165, 1.54) is 0 Å². The van der Waals surface area contributed by atoms with Crippen LogP contribution in [-0.2, 0) is 14.2 Å². The number of hydrogen-bond donors (Lipinski definition) is 0. The first-order valence-corrected chi connectivity index (χ1v) is 7.17. The molecule has 0 amide bonds. The second-order valence-corrected chi connectivity index (χ2v) is 5.70. The van der Waals surface area contributed by atoms with Gasteiger partial charge in [0, 0.05) is 19.4 Å². The van der Waals surface area contributed by atoms with Crippen molar-refractivity contribution in [1.29, 1.82) is 0 Å². The van der Waals surface area contributed by atoms with Crippen LogP contribution in [-0.4, -0.2) is 31.2 Å². The van der Waals surface area contributed by atoms with Crippen molar-refractivity contribution in [3.63, 3.8) is 0 Å². The summed E-state index contributed by atoms with van der Waals surface area (Å²) in [5.41, 5.74) is -0.179. The Morgan fingerprint density at radius 1 is 1.33 bits per heavy atom. The average molecular weight is 254 g/mol. The van der Waals surface area contributed by atoms with Crippen molar-refractivity contribution in [2.24, 2.45) is 5.92 Å². The lowest BCUT2D eigenvalue weighted by Gasteiger charge is -2.38. The van der Waals surface area contributed by atoms with Crippen LogP contribution in [0.25, 0.3) is 0 Å². The van der Waals surface area contributed by atoms with Crippen molar-refractivity contribution in [1.82, 2.24) is 0 Å². The van der Waals surface area contributed by atoms with Crippen molar-refractivity contribution in [3.8, 4) is 0 Å². The van der Waals surface area contributed by atoms with Crippen LogP contribution in [0, 0.1) is 5.92 Å². The van der Waals surface area contributed by atoms with Gasteiger partial charge in [-0.05, 0) is 39.0 Å². The van der Waals surface area contributed by atoms with Crippen LogP contribution in [0.5, 0.6) is 0 Å². The smallest absolute Gasteiger partial charge is 0.168 e. The molecule has 18 heavy (non-hydrogen) atoms. The van der Waals surface area contributed by atoms with Crippen molar-refractivity contribution in [2.45, 2.75) is 57.3 Å². The third-order valence-electron chi connectivity index (χ3n) is 4.28. The van der Waals surface area contributed by atoms with Gasteiger partial charge in [-0.3, -0.25) is 0 Å². The molecule has 0 aromatic rings. The fourth-order valence-electron chi connectivity index (χ4n) is 3.21. The van der Waals surface area contributed by atoms with E-state index < -0.39 is 0 Å². The molecule has 2 fully saturated rings. The van der Waals surface area contributed by atoms with Gasteiger partial charge in [-0.15, -0.1) is 6.58 Å².